The molecule has 1 aromatic heterocycles. The molecule has 9 nitrogen and oxygen atoms in total. The van der Waals surface area contributed by atoms with E-state index in [1.165, 1.54) is 11.4 Å². The third-order valence-electron chi connectivity index (χ3n) is 5.85. The molecule has 3 aromatic rings. The van der Waals surface area contributed by atoms with Crippen molar-refractivity contribution < 1.29 is 32.6 Å². The largest absolute Gasteiger partial charge is 0.479 e. The molecule has 0 unspecified atom stereocenters. The second kappa shape index (κ2) is 11.5. The third-order valence-corrected chi connectivity index (χ3v) is 9.44. The van der Waals surface area contributed by atoms with Crippen molar-refractivity contribution in [2.75, 3.05) is 32.1 Å². The fourth-order valence-corrected chi connectivity index (χ4v) is 7.01. The third kappa shape index (κ3) is 6.07. The fourth-order valence-electron chi connectivity index (χ4n) is 4.04. The van der Waals surface area contributed by atoms with Gasteiger partial charge in [0.25, 0.3) is 0 Å². The van der Waals surface area contributed by atoms with E-state index in [9.17, 15) is 18.0 Å². The number of rotatable bonds is 9. The van der Waals surface area contributed by atoms with Crippen molar-refractivity contribution in [2.45, 2.75) is 23.8 Å². The van der Waals surface area contributed by atoms with E-state index in [0.29, 0.717) is 41.3 Å². The lowest BCUT2D eigenvalue weighted by Gasteiger charge is -2.32. The van der Waals surface area contributed by atoms with E-state index in [1.807, 2.05) is 24.3 Å². The molecule has 196 valence electrons. The van der Waals surface area contributed by atoms with Crippen molar-refractivity contribution in [1.82, 2.24) is 4.31 Å². The molecule has 2 heterocycles. The van der Waals surface area contributed by atoms with Crippen LogP contribution in [0.3, 0.4) is 0 Å². The van der Waals surface area contributed by atoms with Crippen LogP contribution in [0.5, 0.6) is 5.75 Å². The zero-order valence-electron chi connectivity index (χ0n) is 19.8. The maximum atomic E-state index is 12.9. The first-order chi connectivity index (χ1) is 17.7. The number of aliphatic carboxylic acids is 1. The summed E-state index contributed by atoms with van der Waals surface area (Å²) in [6, 6.07) is 15.9. The molecule has 0 saturated carbocycles. The molecule has 0 atom stereocenters. The highest BCUT2D eigenvalue weighted by Gasteiger charge is 2.30. The van der Waals surface area contributed by atoms with Crippen molar-refractivity contribution in [3.05, 3.63) is 64.5 Å². The maximum absolute atomic E-state index is 12.9. The van der Waals surface area contributed by atoms with Crippen LogP contribution in [0.15, 0.2) is 59.5 Å². The minimum Gasteiger partial charge on any atom is -0.479 e. The number of ether oxygens (including phenoxy) is 2. The number of anilines is 1. The number of benzene rings is 2. The second-order valence-corrected chi connectivity index (χ2v) is 11.6. The SMILES string of the molecule is COC(=O)c1sc(-c2cccc(NC3CCN(S(=O)(=O)c4ccccc4)CC3)c2)c(Cl)c1OCC(=O)O. The van der Waals surface area contributed by atoms with Crippen molar-refractivity contribution in [1.29, 1.82) is 0 Å². The number of esters is 1. The van der Waals surface area contributed by atoms with Crippen LogP contribution in [0.25, 0.3) is 10.4 Å². The topological polar surface area (TPSA) is 122 Å². The van der Waals surface area contributed by atoms with E-state index in [1.54, 1.807) is 30.3 Å². The van der Waals surface area contributed by atoms with Gasteiger partial charge in [0.05, 0.1) is 16.9 Å². The summed E-state index contributed by atoms with van der Waals surface area (Å²) in [7, 11) is -2.30. The number of nitrogens with zero attached hydrogens (tertiary/aromatic N) is 1. The molecule has 2 aromatic carbocycles. The first-order valence-corrected chi connectivity index (χ1v) is 14.0. The van der Waals surface area contributed by atoms with Crippen LogP contribution in [-0.2, 0) is 19.6 Å². The molecule has 1 saturated heterocycles. The Kier molecular flexibility index (Phi) is 8.38. The first kappa shape index (κ1) is 26.9. The lowest BCUT2D eigenvalue weighted by atomic mass is 10.1. The molecule has 37 heavy (non-hydrogen) atoms. The molecule has 0 bridgehead atoms. The Bertz CT molecular complexity index is 1390. The highest BCUT2D eigenvalue weighted by molar-refractivity contribution is 7.89. The Labute approximate surface area is 223 Å². The first-order valence-electron chi connectivity index (χ1n) is 11.4. The highest BCUT2D eigenvalue weighted by Crippen LogP contribution is 2.46. The Morgan fingerprint density at radius 2 is 1.84 bits per heavy atom. The average Bonchev–Trinajstić information content (AvgIpc) is 3.24. The predicted octanol–water partition coefficient (Wildman–Crippen LogP) is 4.58. The number of hydrogen-bond donors (Lipinski definition) is 2. The molecule has 4 rings (SSSR count). The van der Waals surface area contributed by atoms with Gasteiger partial charge in [-0.05, 0) is 42.7 Å². The van der Waals surface area contributed by atoms with E-state index in [2.05, 4.69) is 5.32 Å². The zero-order valence-corrected chi connectivity index (χ0v) is 22.2. The molecule has 1 aliphatic heterocycles. The van der Waals surface area contributed by atoms with Gasteiger partial charge in [0.1, 0.15) is 5.02 Å². The second-order valence-electron chi connectivity index (χ2n) is 8.29. The van der Waals surface area contributed by atoms with Crippen LogP contribution in [-0.4, -0.2) is 62.6 Å². The molecule has 0 amide bonds. The van der Waals surface area contributed by atoms with Crippen molar-refractivity contribution >= 4 is 50.6 Å². The summed E-state index contributed by atoms with van der Waals surface area (Å²) in [5.41, 5.74) is 1.51. The van der Waals surface area contributed by atoms with E-state index in [4.69, 9.17) is 26.2 Å². The van der Waals surface area contributed by atoms with Gasteiger partial charge in [-0.25, -0.2) is 18.0 Å². The number of hydrogen-bond acceptors (Lipinski definition) is 8. The Morgan fingerprint density at radius 3 is 2.49 bits per heavy atom. The van der Waals surface area contributed by atoms with Crippen LogP contribution in [0.4, 0.5) is 5.69 Å². The van der Waals surface area contributed by atoms with E-state index >= 15 is 0 Å². The minimum absolute atomic E-state index is 0.0266. The number of halogens is 1. The number of sulfonamides is 1. The number of nitrogens with one attached hydrogen (secondary N) is 1. The Hall–Kier alpha value is -3.12. The number of carboxylic acids is 1. The van der Waals surface area contributed by atoms with Gasteiger partial charge >= 0.3 is 11.9 Å². The lowest BCUT2D eigenvalue weighted by Crippen LogP contribution is -2.42. The highest BCUT2D eigenvalue weighted by atomic mass is 35.5. The van der Waals surface area contributed by atoms with Gasteiger partial charge in [-0.15, -0.1) is 11.3 Å². The molecular weight excluding hydrogens is 540 g/mol. The van der Waals surface area contributed by atoms with Gasteiger partial charge in [-0.2, -0.15) is 4.31 Å². The van der Waals surface area contributed by atoms with Gasteiger partial charge in [-0.3, -0.25) is 0 Å². The van der Waals surface area contributed by atoms with Crippen LogP contribution in [0.2, 0.25) is 5.02 Å². The average molecular weight is 565 g/mol. The smallest absolute Gasteiger partial charge is 0.351 e. The minimum atomic E-state index is -3.52. The van der Waals surface area contributed by atoms with Gasteiger partial charge in [0.2, 0.25) is 10.0 Å². The van der Waals surface area contributed by atoms with Crippen LogP contribution >= 0.6 is 22.9 Å². The van der Waals surface area contributed by atoms with Crippen molar-refractivity contribution in [2.24, 2.45) is 0 Å². The molecule has 2 N–H and O–H groups in total. The van der Waals surface area contributed by atoms with Crippen LogP contribution < -0.4 is 10.1 Å². The molecule has 0 radical (unpaired) electrons. The maximum Gasteiger partial charge on any atom is 0.351 e. The molecule has 12 heteroatoms. The summed E-state index contributed by atoms with van der Waals surface area (Å²) >= 11 is 7.56. The summed E-state index contributed by atoms with van der Waals surface area (Å²) in [4.78, 5) is 24.1. The summed E-state index contributed by atoms with van der Waals surface area (Å²) in [5.74, 6) is -1.90. The normalized spacial score (nSPS) is 14.8. The summed E-state index contributed by atoms with van der Waals surface area (Å²) in [6.07, 6.45) is 1.27. The van der Waals surface area contributed by atoms with Gasteiger partial charge < -0.3 is 19.9 Å². The molecule has 0 spiro atoms. The number of methoxy groups -OCH3 is 1. The van der Waals surface area contributed by atoms with Gasteiger partial charge in [0, 0.05) is 24.8 Å². The lowest BCUT2D eigenvalue weighted by molar-refractivity contribution is -0.139. The molecule has 0 aliphatic carbocycles. The van der Waals surface area contributed by atoms with Gasteiger partial charge in [-0.1, -0.05) is 41.9 Å². The Balaban J connectivity index is 1.48. The summed E-state index contributed by atoms with van der Waals surface area (Å²) in [5, 5.41) is 12.5. The van der Waals surface area contributed by atoms with Crippen LogP contribution in [0.1, 0.15) is 22.5 Å². The van der Waals surface area contributed by atoms with E-state index in [-0.39, 0.29) is 21.7 Å². The van der Waals surface area contributed by atoms with E-state index < -0.39 is 28.6 Å². The number of carbonyl (C=O) groups excluding carboxylic acids is 1. The predicted molar refractivity (Wildman–Crippen MR) is 141 cm³/mol. The van der Waals surface area contributed by atoms with Gasteiger partial charge in [0.15, 0.2) is 17.2 Å². The Morgan fingerprint density at radius 1 is 1.14 bits per heavy atom. The van der Waals surface area contributed by atoms with E-state index in [0.717, 1.165) is 17.0 Å². The zero-order chi connectivity index (χ0) is 26.6. The monoisotopic (exact) mass is 564 g/mol. The van der Waals surface area contributed by atoms with Crippen molar-refractivity contribution in [3.8, 4) is 16.2 Å². The van der Waals surface area contributed by atoms with Crippen molar-refractivity contribution in [3.63, 3.8) is 0 Å². The number of carboxylic acid groups (broad SMARTS) is 1. The quantitative estimate of drug-likeness (QED) is 0.362. The number of carbonyl (C=O) groups is 2. The number of piperidine rings is 1. The standard InChI is InChI=1S/C25H25ClN2O7S2/c1-34-25(31)24-22(35-15-20(29)30)21(26)23(36-24)16-6-5-7-18(14-16)27-17-10-12-28(13-11-17)37(32,33)19-8-3-2-4-9-19/h2-9,14,17,27H,10-13,15H2,1H3,(H,29,30). The summed E-state index contributed by atoms with van der Waals surface area (Å²) in [6.45, 7) is 0.149. The molecule has 1 aliphatic rings. The fraction of sp³-hybridized carbons (Fsp3) is 0.280. The molecular formula is C25H25ClN2O7S2. The summed E-state index contributed by atoms with van der Waals surface area (Å²) < 4.78 is 37.4. The molecule has 1 fully saturated rings. The number of thiophene rings is 1. The van der Waals surface area contributed by atoms with Crippen LogP contribution in [0, 0.1) is 0 Å².